The molecule has 78 valence electrons. The van der Waals surface area contributed by atoms with Gasteiger partial charge in [0, 0.05) is 5.54 Å². The van der Waals surface area contributed by atoms with Gasteiger partial charge in [0.15, 0.2) is 0 Å². The lowest BCUT2D eigenvalue weighted by atomic mass is 9.78. The highest BCUT2D eigenvalue weighted by Crippen LogP contribution is 2.28. The van der Waals surface area contributed by atoms with Gasteiger partial charge in [-0.3, -0.25) is 0 Å². The Hall–Kier alpha value is -0.300. The van der Waals surface area contributed by atoms with Crippen LogP contribution < -0.4 is 5.32 Å². The molecule has 0 aromatic carbocycles. The standard InChI is InChI=1S/C12H25N/c1-6-9-11(10-7-2)12(4,8-3)13-5/h6,11,13H,1,7-10H2,2-5H3. The molecule has 0 aromatic heterocycles. The van der Waals surface area contributed by atoms with Gasteiger partial charge in [-0.15, -0.1) is 6.58 Å². The van der Waals surface area contributed by atoms with E-state index in [1.54, 1.807) is 0 Å². The first-order valence-corrected chi connectivity index (χ1v) is 5.44. The largest absolute Gasteiger partial charge is 0.314 e. The fourth-order valence-electron chi connectivity index (χ4n) is 1.92. The molecule has 0 amide bonds. The fourth-order valence-corrected chi connectivity index (χ4v) is 1.92. The first kappa shape index (κ1) is 12.7. The molecule has 0 saturated carbocycles. The minimum absolute atomic E-state index is 0.282. The lowest BCUT2D eigenvalue weighted by Crippen LogP contribution is -2.46. The van der Waals surface area contributed by atoms with Gasteiger partial charge >= 0.3 is 0 Å². The molecule has 0 fully saturated rings. The number of nitrogens with one attached hydrogen (secondary N) is 1. The Bertz CT molecular complexity index is 136. The van der Waals surface area contributed by atoms with Crippen LogP contribution in [0.5, 0.6) is 0 Å². The summed E-state index contributed by atoms with van der Waals surface area (Å²) in [6, 6.07) is 0. The maximum Gasteiger partial charge on any atom is 0.0178 e. The average molecular weight is 183 g/mol. The van der Waals surface area contributed by atoms with Crippen molar-refractivity contribution in [3.63, 3.8) is 0 Å². The van der Waals surface area contributed by atoms with Crippen molar-refractivity contribution in [3.8, 4) is 0 Å². The Labute approximate surface area is 83.6 Å². The van der Waals surface area contributed by atoms with E-state index in [0.717, 1.165) is 12.3 Å². The molecule has 0 aliphatic carbocycles. The lowest BCUT2D eigenvalue weighted by molar-refractivity contribution is 0.223. The van der Waals surface area contributed by atoms with Gasteiger partial charge in [0.25, 0.3) is 0 Å². The summed E-state index contributed by atoms with van der Waals surface area (Å²) in [5.41, 5.74) is 0.282. The first-order chi connectivity index (χ1) is 6.14. The molecule has 2 unspecified atom stereocenters. The topological polar surface area (TPSA) is 12.0 Å². The Kier molecular flexibility index (Phi) is 6.06. The van der Waals surface area contributed by atoms with Crippen LogP contribution >= 0.6 is 0 Å². The molecular formula is C12H25N. The van der Waals surface area contributed by atoms with Crippen LogP contribution in [0.2, 0.25) is 0 Å². The second-order valence-electron chi connectivity index (χ2n) is 4.03. The van der Waals surface area contributed by atoms with Gasteiger partial charge in [-0.25, -0.2) is 0 Å². The molecule has 0 saturated heterocycles. The van der Waals surface area contributed by atoms with E-state index in [1.165, 1.54) is 19.3 Å². The zero-order valence-electron chi connectivity index (χ0n) is 9.69. The van der Waals surface area contributed by atoms with E-state index in [1.807, 2.05) is 6.08 Å². The van der Waals surface area contributed by atoms with Gasteiger partial charge in [-0.05, 0) is 39.2 Å². The molecule has 1 nitrogen and oxygen atoms in total. The SMILES string of the molecule is C=CCC(CCC)C(C)(CC)NC. The maximum absolute atomic E-state index is 3.84. The summed E-state index contributed by atoms with van der Waals surface area (Å²) in [6.07, 6.45) is 6.90. The van der Waals surface area contributed by atoms with E-state index in [4.69, 9.17) is 0 Å². The minimum Gasteiger partial charge on any atom is -0.314 e. The summed E-state index contributed by atoms with van der Waals surface area (Å²) in [6.45, 7) is 10.7. The third-order valence-electron chi connectivity index (χ3n) is 3.29. The van der Waals surface area contributed by atoms with Crippen molar-refractivity contribution in [1.29, 1.82) is 0 Å². The predicted octanol–water partition coefficient (Wildman–Crippen LogP) is 3.37. The van der Waals surface area contributed by atoms with Crippen molar-refractivity contribution in [3.05, 3.63) is 12.7 Å². The molecule has 1 heteroatoms. The van der Waals surface area contributed by atoms with Gasteiger partial charge in [-0.1, -0.05) is 26.3 Å². The van der Waals surface area contributed by atoms with E-state index < -0.39 is 0 Å². The van der Waals surface area contributed by atoms with Gasteiger partial charge in [0.1, 0.15) is 0 Å². The monoisotopic (exact) mass is 183 g/mol. The molecule has 13 heavy (non-hydrogen) atoms. The summed E-state index contributed by atoms with van der Waals surface area (Å²) in [4.78, 5) is 0. The zero-order chi connectivity index (χ0) is 10.3. The number of hydrogen-bond acceptors (Lipinski definition) is 1. The van der Waals surface area contributed by atoms with Gasteiger partial charge in [-0.2, -0.15) is 0 Å². The second-order valence-corrected chi connectivity index (χ2v) is 4.03. The van der Waals surface area contributed by atoms with Crippen LogP contribution in [0.15, 0.2) is 12.7 Å². The van der Waals surface area contributed by atoms with Crippen molar-refractivity contribution in [2.45, 2.75) is 52.0 Å². The van der Waals surface area contributed by atoms with Crippen molar-refractivity contribution >= 4 is 0 Å². The highest BCUT2D eigenvalue weighted by Gasteiger charge is 2.28. The summed E-state index contributed by atoms with van der Waals surface area (Å²) >= 11 is 0. The molecule has 1 N–H and O–H groups in total. The Balaban J connectivity index is 4.36. The van der Waals surface area contributed by atoms with Crippen LogP contribution in [0, 0.1) is 5.92 Å². The Morgan fingerprint density at radius 3 is 2.38 bits per heavy atom. The molecular weight excluding hydrogens is 158 g/mol. The molecule has 0 radical (unpaired) electrons. The van der Waals surface area contributed by atoms with Crippen LogP contribution in [0.25, 0.3) is 0 Å². The normalized spacial score (nSPS) is 17.8. The minimum atomic E-state index is 0.282. The molecule has 0 rings (SSSR count). The van der Waals surface area contributed by atoms with Crippen molar-refractivity contribution in [1.82, 2.24) is 5.32 Å². The van der Waals surface area contributed by atoms with Crippen LogP contribution in [-0.2, 0) is 0 Å². The third kappa shape index (κ3) is 3.51. The smallest absolute Gasteiger partial charge is 0.0178 e. The van der Waals surface area contributed by atoms with Gasteiger partial charge in [0.2, 0.25) is 0 Å². The molecule has 0 aliphatic heterocycles. The Morgan fingerprint density at radius 2 is 2.08 bits per heavy atom. The van der Waals surface area contributed by atoms with Crippen LogP contribution in [0.3, 0.4) is 0 Å². The molecule has 0 bridgehead atoms. The molecule has 0 aliphatic rings. The van der Waals surface area contributed by atoms with Crippen molar-refractivity contribution < 1.29 is 0 Å². The molecule has 0 aromatic rings. The summed E-state index contributed by atoms with van der Waals surface area (Å²) in [7, 11) is 2.06. The van der Waals surface area contributed by atoms with Gasteiger partial charge in [0.05, 0.1) is 0 Å². The maximum atomic E-state index is 3.84. The first-order valence-electron chi connectivity index (χ1n) is 5.44. The van der Waals surface area contributed by atoms with E-state index >= 15 is 0 Å². The quantitative estimate of drug-likeness (QED) is 0.597. The lowest BCUT2D eigenvalue weighted by Gasteiger charge is -2.36. The molecule has 2 atom stereocenters. The number of rotatable bonds is 7. The average Bonchev–Trinajstić information content (AvgIpc) is 2.16. The molecule has 0 heterocycles. The summed E-state index contributed by atoms with van der Waals surface area (Å²) in [5, 5.41) is 3.45. The van der Waals surface area contributed by atoms with Crippen molar-refractivity contribution in [2.75, 3.05) is 7.05 Å². The highest BCUT2D eigenvalue weighted by atomic mass is 14.9. The van der Waals surface area contributed by atoms with E-state index in [-0.39, 0.29) is 5.54 Å². The number of hydrogen-bond donors (Lipinski definition) is 1. The van der Waals surface area contributed by atoms with Crippen molar-refractivity contribution in [2.24, 2.45) is 5.92 Å². The third-order valence-corrected chi connectivity index (χ3v) is 3.29. The fraction of sp³-hybridized carbons (Fsp3) is 0.833. The zero-order valence-corrected chi connectivity index (χ0v) is 9.69. The predicted molar refractivity (Wildman–Crippen MR) is 61.0 cm³/mol. The summed E-state index contributed by atoms with van der Waals surface area (Å²) in [5.74, 6) is 0.727. The summed E-state index contributed by atoms with van der Waals surface area (Å²) < 4.78 is 0. The molecule has 0 spiro atoms. The highest BCUT2D eigenvalue weighted by molar-refractivity contribution is 4.91. The van der Waals surface area contributed by atoms with E-state index in [9.17, 15) is 0 Å². The van der Waals surface area contributed by atoms with Crippen LogP contribution in [0.4, 0.5) is 0 Å². The van der Waals surface area contributed by atoms with Crippen LogP contribution in [0.1, 0.15) is 46.5 Å². The van der Waals surface area contributed by atoms with Crippen LogP contribution in [-0.4, -0.2) is 12.6 Å². The Morgan fingerprint density at radius 1 is 1.46 bits per heavy atom. The second kappa shape index (κ2) is 6.20. The number of allylic oxidation sites excluding steroid dienone is 1. The van der Waals surface area contributed by atoms with Gasteiger partial charge < -0.3 is 5.32 Å². The van der Waals surface area contributed by atoms with E-state index in [0.29, 0.717) is 0 Å². The van der Waals surface area contributed by atoms with E-state index in [2.05, 4.69) is 39.7 Å².